The number of para-hydroxylation sites is 1. The van der Waals surface area contributed by atoms with E-state index in [4.69, 9.17) is 14.4 Å². The summed E-state index contributed by atoms with van der Waals surface area (Å²) in [5, 5.41) is 4.63. The Hall–Kier alpha value is -7.14. The number of amidine groups is 1. The number of thiophene rings is 1. The van der Waals surface area contributed by atoms with Gasteiger partial charge in [0.25, 0.3) is 0 Å². The molecule has 0 saturated heterocycles. The first kappa shape index (κ1) is 35.3. The van der Waals surface area contributed by atoms with E-state index < -0.39 is 0 Å². The van der Waals surface area contributed by atoms with Crippen LogP contribution in [-0.2, 0) is 0 Å². The summed E-state index contributed by atoms with van der Waals surface area (Å²) in [6.07, 6.45) is 0.740. The Bertz CT molecular complexity index is 3190. The molecule has 0 aliphatic heterocycles. The Balaban J connectivity index is 1.09. The summed E-state index contributed by atoms with van der Waals surface area (Å²) in [5.41, 5.74) is 13.0. The average molecular weight is 763 g/mol. The lowest BCUT2D eigenvalue weighted by Gasteiger charge is -2.10. The molecule has 0 bridgehead atoms. The molecule has 0 atom stereocenters. The van der Waals surface area contributed by atoms with Gasteiger partial charge in [0, 0.05) is 53.3 Å². The Morgan fingerprint density at radius 3 is 1.95 bits per heavy atom. The third kappa shape index (κ3) is 6.44. The minimum atomic E-state index is 0.584. The predicted octanol–water partition coefficient (Wildman–Crippen LogP) is 15.3. The van der Waals surface area contributed by atoms with E-state index in [2.05, 4.69) is 159 Å². The van der Waals surface area contributed by atoms with Crippen molar-refractivity contribution in [1.82, 2.24) is 0 Å². The molecule has 0 spiro atoms. The summed E-state index contributed by atoms with van der Waals surface area (Å²) in [5.74, 6) is 0.605. The van der Waals surface area contributed by atoms with Gasteiger partial charge < -0.3 is 4.42 Å². The van der Waals surface area contributed by atoms with Crippen LogP contribution in [0.25, 0.3) is 81.2 Å². The highest BCUT2D eigenvalue weighted by Crippen LogP contribution is 2.45. The van der Waals surface area contributed by atoms with E-state index in [0.29, 0.717) is 11.5 Å². The predicted molar refractivity (Wildman–Crippen MR) is 248 cm³/mol. The van der Waals surface area contributed by atoms with Gasteiger partial charge >= 0.3 is 0 Å². The smallest absolute Gasteiger partial charge is 0.160 e. The standard InChI is InChI=1S/C54H38N2OS/c1-3-48(39-31-29-37(30-32-39)36-17-7-4-8-18-36)56-54(40-21-11-6-12-22-40)55-35(2)42-24-15-26-45-51-43(25-16-27-49(51)57-52(42)45)41-33-46(38-19-9-5-10-20-38)53-47(34-41)44-23-13-14-28-50(44)58-53/h4-34H,2-3H2,1H3. The van der Waals surface area contributed by atoms with Gasteiger partial charge in [-0.3, -0.25) is 0 Å². The van der Waals surface area contributed by atoms with Gasteiger partial charge in [-0.25, -0.2) is 9.98 Å². The highest BCUT2D eigenvalue weighted by atomic mass is 32.1. The van der Waals surface area contributed by atoms with Crippen LogP contribution in [0.4, 0.5) is 0 Å². The van der Waals surface area contributed by atoms with Gasteiger partial charge in [-0.15, -0.1) is 11.3 Å². The largest absolute Gasteiger partial charge is 0.455 e. The molecule has 4 heteroatoms. The first-order chi connectivity index (χ1) is 28.6. The van der Waals surface area contributed by atoms with Crippen LogP contribution in [0.5, 0.6) is 0 Å². The molecule has 0 aliphatic carbocycles. The highest BCUT2D eigenvalue weighted by Gasteiger charge is 2.20. The molecule has 10 aromatic rings. The van der Waals surface area contributed by atoms with Crippen LogP contribution >= 0.6 is 11.3 Å². The SMILES string of the molecule is C=C(N=C(N=C(CC)c1ccc(-c2ccccc2)cc1)c1ccccc1)c1cccc2c1oc1cccc(-c3cc(-c4ccccc4)c4sc5ccccc5c4c3)c12. The van der Waals surface area contributed by atoms with Crippen LogP contribution in [-0.4, -0.2) is 11.5 Å². The second-order valence-corrected chi connectivity index (χ2v) is 15.5. The minimum absolute atomic E-state index is 0.584. The summed E-state index contributed by atoms with van der Waals surface area (Å²) in [6.45, 7) is 6.66. The Morgan fingerprint density at radius 1 is 0.534 bits per heavy atom. The van der Waals surface area contributed by atoms with Crippen molar-refractivity contribution < 1.29 is 4.42 Å². The number of rotatable bonds is 8. The van der Waals surface area contributed by atoms with Crippen molar-refractivity contribution in [2.75, 3.05) is 0 Å². The number of benzene rings is 8. The molecule has 276 valence electrons. The van der Waals surface area contributed by atoms with E-state index >= 15 is 0 Å². The van der Waals surface area contributed by atoms with Gasteiger partial charge in [-0.2, -0.15) is 0 Å². The van der Waals surface area contributed by atoms with E-state index in [1.165, 1.54) is 42.4 Å². The zero-order valence-corrected chi connectivity index (χ0v) is 32.8. The molecule has 0 N–H and O–H groups in total. The highest BCUT2D eigenvalue weighted by molar-refractivity contribution is 7.26. The first-order valence-electron chi connectivity index (χ1n) is 19.6. The average Bonchev–Trinajstić information content (AvgIpc) is 3.87. The van der Waals surface area contributed by atoms with Crippen LogP contribution in [0.15, 0.2) is 209 Å². The van der Waals surface area contributed by atoms with Crippen LogP contribution < -0.4 is 0 Å². The first-order valence-corrected chi connectivity index (χ1v) is 20.5. The van der Waals surface area contributed by atoms with E-state index in [9.17, 15) is 0 Å². The second-order valence-electron chi connectivity index (χ2n) is 14.4. The Kier molecular flexibility index (Phi) is 9.17. The number of aliphatic imine (C=N–C) groups is 2. The maximum Gasteiger partial charge on any atom is 0.160 e. The third-order valence-electron chi connectivity index (χ3n) is 10.9. The van der Waals surface area contributed by atoms with Crippen LogP contribution in [0.3, 0.4) is 0 Å². The number of hydrogen-bond donors (Lipinski definition) is 0. The zero-order valence-electron chi connectivity index (χ0n) is 32.0. The van der Waals surface area contributed by atoms with E-state index in [0.717, 1.165) is 61.9 Å². The van der Waals surface area contributed by atoms with Crippen LogP contribution in [0.2, 0.25) is 0 Å². The molecule has 3 nitrogen and oxygen atoms in total. The van der Waals surface area contributed by atoms with Gasteiger partial charge in [0.2, 0.25) is 0 Å². The molecule has 2 heterocycles. The molecule has 10 rings (SSSR count). The molecule has 8 aromatic carbocycles. The van der Waals surface area contributed by atoms with Crippen molar-refractivity contribution in [2.45, 2.75) is 13.3 Å². The zero-order chi connectivity index (χ0) is 39.0. The molecular weight excluding hydrogens is 725 g/mol. The molecule has 0 amide bonds. The fourth-order valence-electron chi connectivity index (χ4n) is 8.02. The number of fused-ring (bicyclic) bond motifs is 6. The van der Waals surface area contributed by atoms with E-state index in [1.54, 1.807) is 0 Å². The fourth-order valence-corrected chi connectivity index (χ4v) is 9.24. The fraction of sp³-hybridized carbons (Fsp3) is 0.0370. The quantitative estimate of drug-likeness (QED) is 0.112. The maximum absolute atomic E-state index is 6.77. The van der Waals surface area contributed by atoms with Crippen LogP contribution in [0, 0.1) is 0 Å². The second kappa shape index (κ2) is 15.1. The summed E-state index contributed by atoms with van der Waals surface area (Å²) >= 11 is 1.86. The molecule has 0 unspecified atom stereocenters. The molecule has 2 aromatic heterocycles. The van der Waals surface area contributed by atoms with E-state index in [-0.39, 0.29) is 0 Å². The van der Waals surface area contributed by atoms with Crippen molar-refractivity contribution in [3.8, 4) is 33.4 Å². The van der Waals surface area contributed by atoms with Crippen molar-refractivity contribution in [3.05, 3.63) is 211 Å². The summed E-state index contributed by atoms with van der Waals surface area (Å²) in [6, 6.07) is 65.9. The maximum atomic E-state index is 6.77. The van der Waals surface area contributed by atoms with Gasteiger partial charge in [0.1, 0.15) is 11.2 Å². The lowest BCUT2D eigenvalue weighted by Crippen LogP contribution is -2.06. The topological polar surface area (TPSA) is 37.9 Å². The summed E-state index contributed by atoms with van der Waals surface area (Å²) in [4.78, 5) is 10.4. The molecule has 0 fully saturated rings. The van der Waals surface area contributed by atoms with Crippen molar-refractivity contribution >= 4 is 70.7 Å². The van der Waals surface area contributed by atoms with Crippen molar-refractivity contribution in [1.29, 1.82) is 0 Å². The van der Waals surface area contributed by atoms with Crippen molar-refractivity contribution in [3.63, 3.8) is 0 Å². The van der Waals surface area contributed by atoms with Crippen molar-refractivity contribution in [2.24, 2.45) is 9.98 Å². The summed E-state index contributed by atoms with van der Waals surface area (Å²) in [7, 11) is 0. The lowest BCUT2D eigenvalue weighted by atomic mass is 9.93. The van der Waals surface area contributed by atoms with Gasteiger partial charge in [-0.1, -0.05) is 171 Å². The Labute approximate surface area is 341 Å². The number of nitrogens with zero attached hydrogens (tertiary/aromatic N) is 2. The van der Waals surface area contributed by atoms with Gasteiger partial charge in [0.15, 0.2) is 5.84 Å². The third-order valence-corrected chi connectivity index (χ3v) is 12.1. The molecule has 0 saturated carbocycles. The monoisotopic (exact) mass is 762 g/mol. The van der Waals surface area contributed by atoms with Gasteiger partial charge in [-0.05, 0) is 70.1 Å². The normalized spacial score (nSPS) is 12.2. The van der Waals surface area contributed by atoms with E-state index in [1.807, 2.05) is 53.8 Å². The minimum Gasteiger partial charge on any atom is -0.455 e. The molecular formula is C54H38N2OS. The van der Waals surface area contributed by atoms with Crippen LogP contribution in [0.1, 0.15) is 30.0 Å². The van der Waals surface area contributed by atoms with Gasteiger partial charge in [0.05, 0.1) is 5.70 Å². The molecule has 0 aliphatic rings. The molecule has 58 heavy (non-hydrogen) atoms. The Morgan fingerprint density at radius 2 is 1.19 bits per heavy atom. The number of hydrogen-bond acceptors (Lipinski definition) is 3. The lowest BCUT2D eigenvalue weighted by molar-refractivity contribution is 0.667. The summed E-state index contributed by atoms with van der Waals surface area (Å²) < 4.78 is 9.35. The molecule has 0 radical (unpaired) electrons. The number of furan rings is 1.